The molecule has 2 N–H and O–H groups in total. The first-order chi connectivity index (χ1) is 11.8. The van der Waals surface area contributed by atoms with Gasteiger partial charge in [-0.2, -0.15) is 0 Å². The molecule has 0 aromatic carbocycles. The Morgan fingerprint density at radius 3 is 2.83 bits per heavy atom. The first kappa shape index (κ1) is 15.9. The first-order valence-electron chi connectivity index (χ1n) is 9.47. The highest BCUT2D eigenvalue weighted by atomic mass is 16.5. The Bertz CT molecular complexity index is 704. The van der Waals surface area contributed by atoms with Gasteiger partial charge in [-0.05, 0) is 38.2 Å². The number of rotatable bonds is 5. The summed E-state index contributed by atoms with van der Waals surface area (Å²) < 4.78 is 6.08. The first-order valence-corrected chi connectivity index (χ1v) is 9.47. The maximum absolute atomic E-state index is 6.08. The Kier molecular flexibility index (Phi) is 4.21. The minimum atomic E-state index is 0.300. The molecule has 0 amide bonds. The minimum absolute atomic E-state index is 0.300. The molecule has 2 aliphatic rings. The molecule has 2 saturated carbocycles. The van der Waals surface area contributed by atoms with Gasteiger partial charge in [-0.15, -0.1) is 0 Å². The van der Waals surface area contributed by atoms with Crippen LogP contribution in [0.25, 0.3) is 11.0 Å². The van der Waals surface area contributed by atoms with Gasteiger partial charge in [0.25, 0.3) is 0 Å². The molecule has 0 bridgehead atoms. The maximum atomic E-state index is 6.08. The van der Waals surface area contributed by atoms with Crippen molar-refractivity contribution in [1.82, 2.24) is 15.0 Å². The predicted octanol–water partition coefficient (Wildman–Crippen LogP) is 4.06. The van der Waals surface area contributed by atoms with Crippen LogP contribution in [0.3, 0.4) is 0 Å². The molecule has 24 heavy (non-hydrogen) atoms. The third-order valence-corrected chi connectivity index (χ3v) is 6.18. The molecule has 1 spiro atoms. The van der Waals surface area contributed by atoms with E-state index in [4.69, 9.17) is 4.74 Å². The largest absolute Gasteiger partial charge is 0.378 e. The van der Waals surface area contributed by atoms with Gasteiger partial charge >= 0.3 is 0 Å². The van der Waals surface area contributed by atoms with Crippen molar-refractivity contribution in [1.29, 1.82) is 0 Å². The molecule has 5 nitrogen and oxygen atoms in total. The molecule has 2 fully saturated rings. The number of fused-ring (bicyclic) bond motifs is 1. The highest BCUT2D eigenvalue weighted by Crippen LogP contribution is 2.54. The number of ether oxygens (including phenoxy) is 1. The minimum Gasteiger partial charge on any atom is -0.378 e. The fraction of sp³-hybridized carbons (Fsp3) is 0.684. The summed E-state index contributed by atoms with van der Waals surface area (Å²) in [7, 11) is 0. The normalized spacial score (nSPS) is 25.8. The molecule has 4 rings (SSSR count). The van der Waals surface area contributed by atoms with Crippen LogP contribution in [-0.4, -0.2) is 33.7 Å². The predicted molar refractivity (Wildman–Crippen MR) is 96.2 cm³/mol. The zero-order valence-corrected chi connectivity index (χ0v) is 14.8. The van der Waals surface area contributed by atoms with E-state index in [1.165, 1.54) is 37.7 Å². The monoisotopic (exact) mass is 328 g/mol. The van der Waals surface area contributed by atoms with E-state index in [1.54, 1.807) is 6.33 Å². The summed E-state index contributed by atoms with van der Waals surface area (Å²) in [6.07, 6.45) is 12.8. The second-order valence-corrected chi connectivity index (χ2v) is 7.28. The van der Waals surface area contributed by atoms with Crippen LogP contribution in [0.2, 0.25) is 0 Å². The lowest BCUT2D eigenvalue weighted by Gasteiger charge is -2.57. The molecule has 2 aromatic heterocycles. The van der Waals surface area contributed by atoms with Crippen LogP contribution in [0.5, 0.6) is 0 Å². The third kappa shape index (κ3) is 2.41. The van der Waals surface area contributed by atoms with Crippen molar-refractivity contribution >= 4 is 16.9 Å². The number of aromatic nitrogens is 3. The van der Waals surface area contributed by atoms with E-state index in [9.17, 15) is 0 Å². The van der Waals surface area contributed by atoms with Gasteiger partial charge in [0.15, 0.2) is 0 Å². The molecule has 2 heterocycles. The van der Waals surface area contributed by atoms with Crippen LogP contribution >= 0.6 is 0 Å². The average molecular weight is 328 g/mol. The highest BCUT2D eigenvalue weighted by molar-refractivity contribution is 5.90. The summed E-state index contributed by atoms with van der Waals surface area (Å²) in [5.41, 5.74) is 2.52. The van der Waals surface area contributed by atoms with Gasteiger partial charge in [-0.3, -0.25) is 0 Å². The van der Waals surface area contributed by atoms with E-state index < -0.39 is 0 Å². The lowest BCUT2D eigenvalue weighted by Crippen LogP contribution is -2.62. The number of aryl methyl sites for hydroxylation is 1. The third-order valence-electron chi connectivity index (χ3n) is 6.18. The summed E-state index contributed by atoms with van der Waals surface area (Å²) in [6.45, 7) is 5.10. The van der Waals surface area contributed by atoms with Gasteiger partial charge in [-0.25, -0.2) is 9.97 Å². The van der Waals surface area contributed by atoms with E-state index in [0.717, 1.165) is 36.3 Å². The van der Waals surface area contributed by atoms with Gasteiger partial charge in [0, 0.05) is 24.3 Å². The number of hydrogen-bond acceptors (Lipinski definition) is 4. The van der Waals surface area contributed by atoms with Crippen LogP contribution in [-0.2, 0) is 11.2 Å². The van der Waals surface area contributed by atoms with Gasteiger partial charge in [0.1, 0.15) is 17.8 Å². The zero-order valence-electron chi connectivity index (χ0n) is 14.8. The second kappa shape index (κ2) is 6.36. The zero-order chi connectivity index (χ0) is 16.6. The summed E-state index contributed by atoms with van der Waals surface area (Å²) in [5, 5.41) is 4.94. The molecule has 2 unspecified atom stereocenters. The van der Waals surface area contributed by atoms with Gasteiger partial charge < -0.3 is 15.0 Å². The number of nitrogens with zero attached hydrogens (tertiary/aromatic N) is 2. The van der Waals surface area contributed by atoms with Gasteiger partial charge in [0.2, 0.25) is 0 Å². The lowest BCUT2D eigenvalue weighted by atomic mass is 9.55. The summed E-state index contributed by atoms with van der Waals surface area (Å²) in [4.78, 5) is 12.2. The Balaban J connectivity index is 1.62. The van der Waals surface area contributed by atoms with Crippen molar-refractivity contribution in [3.05, 3.63) is 18.1 Å². The quantitative estimate of drug-likeness (QED) is 0.869. The maximum Gasteiger partial charge on any atom is 0.143 e. The van der Waals surface area contributed by atoms with Crippen molar-refractivity contribution in [3.8, 4) is 0 Å². The molecule has 0 saturated heterocycles. The Morgan fingerprint density at radius 2 is 2.08 bits per heavy atom. The number of nitrogens with one attached hydrogen (secondary N) is 2. The molecular weight excluding hydrogens is 300 g/mol. The number of aromatic amines is 1. The summed E-state index contributed by atoms with van der Waals surface area (Å²) in [6, 6.07) is 0.465. The van der Waals surface area contributed by atoms with Crippen LogP contribution in [0.4, 0.5) is 5.82 Å². The van der Waals surface area contributed by atoms with Crippen LogP contribution in [0, 0.1) is 5.41 Å². The summed E-state index contributed by atoms with van der Waals surface area (Å²) in [5.74, 6) is 0.989. The standard InChI is InChI=1S/C19H28N4O/c1-3-13-11-20-17-16(13)18(22-12-21-17)23-14-10-15(24-4-2)19(14)8-6-5-7-9-19/h11-12,14-15H,3-10H2,1-2H3,(H2,20,21,22,23). The van der Waals surface area contributed by atoms with Crippen molar-refractivity contribution in [2.24, 2.45) is 5.41 Å². The highest BCUT2D eigenvalue weighted by Gasteiger charge is 2.55. The summed E-state index contributed by atoms with van der Waals surface area (Å²) >= 11 is 0. The van der Waals surface area contributed by atoms with Crippen molar-refractivity contribution < 1.29 is 4.74 Å². The van der Waals surface area contributed by atoms with E-state index in [0.29, 0.717) is 17.6 Å². The molecule has 2 atom stereocenters. The van der Waals surface area contributed by atoms with Crippen LogP contribution in [0.1, 0.15) is 57.9 Å². The SMILES string of the molecule is CCOC1CC(Nc2ncnc3[nH]cc(CC)c23)C12CCCCC2. The smallest absolute Gasteiger partial charge is 0.143 e. The van der Waals surface area contributed by atoms with Gasteiger partial charge in [0.05, 0.1) is 11.5 Å². The fourth-order valence-electron chi connectivity index (χ4n) is 4.85. The Morgan fingerprint density at radius 1 is 1.25 bits per heavy atom. The molecule has 0 aliphatic heterocycles. The van der Waals surface area contributed by atoms with Crippen molar-refractivity contribution in [2.75, 3.05) is 11.9 Å². The Labute approximate surface area is 143 Å². The van der Waals surface area contributed by atoms with E-state index in [2.05, 4.69) is 40.3 Å². The van der Waals surface area contributed by atoms with E-state index in [-0.39, 0.29) is 0 Å². The van der Waals surface area contributed by atoms with Crippen LogP contribution < -0.4 is 5.32 Å². The molecule has 2 aromatic rings. The Hall–Kier alpha value is -1.62. The second-order valence-electron chi connectivity index (χ2n) is 7.28. The topological polar surface area (TPSA) is 62.8 Å². The van der Waals surface area contributed by atoms with Gasteiger partial charge in [-0.1, -0.05) is 26.2 Å². The van der Waals surface area contributed by atoms with Crippen molar-refractivity contribution in [2.45, 2.75) is 70.9 Å². The molecule has 130 valence electrons. The van der Waals surface area contributed by atoms with E-state index >= 15 is 0 Å². The van der Waals surface area contributed by atoms with Crippen molar-refractivity contribution in [3.63, 3.8) is 0 Å². The number of H-pyrrole nitrogens is 1. The van der Waals surface area contributed by atoms with Crippen LogP contribution in [0.15, 0.2) is 12.5 Å². The fourth-order valence-corrected chi connectivity index (χ4v) is 4.85. The molecule has 5 heteroatoms. The van der Waals surface area contributed by atoms with E-state index in [1.807, 2.05) is 0 Å². The number of hydrogen-bond donors (Lipinski definition) is 2. The molecule has 2 aliphatic carbocycles. The number of anilines is 1. The molecule has 0 radical (unpaired) electrons. The molecular formula is C19H28N4O. The lowest BCUT2D eigenvalue weighted by molar-refractivity contribution is -0.134. The average Bonchev–Trinajstić information content (AvgIpc) is 3.05.